The van der Waals surface area contributed by atoms with Gasteiger partial charge in [-0.2, -0.15) is 0 Å². The smallest absolute Gasteiger partial charge is 0.120 e. The second-order valence-corrected chi connectivity index (χ2v) is 8.18. The molecule has 0 aliphatic carbocycles. The summed E-state index contributed by atoms with van der Waals surface area (Å²) in [6, 6.07) is 13.0. The largest absolute Gasteiger partial charge is 0.494 e. The van der Waals surface area contributed by atoms with Crippen LogP contribution < -0.4 is 4.74 Å². The third-order valence-corrected chi connectivity index (χ3v) is 6.22. The monoisotopic (exact) mass is 388 g/mol. The Labute approximate surface area is 171 Å². The Kier molecular flexibility index (Phi) is 4.86. The summed E-state index contributed by atoms with van der Waals surface area (Å²) in [6.07, 6.45) is 4.85. The number of piperazine rings is 1. The molecule has 0 unspecified atom stereocenters. The molecule has 2 aromatic heterocycles. The molecule has 5 rings (SSSR count). The predicted octanol–water partition coefficient (Wildman–Crippen LogP) is 3.90. The fraction of sp³-hybridized carbons (Fsp3) is 0.375. The van der Waals surface area contributed by atoms with Gasteiger partial charge in [0.25, 0.3) is 0 Å². The number of likely N-dealkylation sites (N-methyl/N-ethyl adjacent to an activating group) is 1. The Morgan fingerprint density at radius 3 is 2.59 bits per heavy atom. The zero-order valence-corrected chi connectivity index (χ0v) is 17.3. The van der Waals surface area contributed by atoms with Gasteiger partial charge in [0, 0.05) is 79.4 Å². The van der Waals surface area contributed by atoms with Crippen molar-refractivity contribution in [2.45, 2.75) is 6.42 Å². The molecule has 1 fully saturated rings. The van der Waals surface area contributed by atoms with Crippen molar-refractivity contribution in [1.29, 1.82) is 0 Å². The first-order valence-electron chi connectivity index (χ1n) is 10.5. The fourth-order valence-corrected chi connectivity index (χ4v) is 4.41. The van der Waals surface area contributed by atoms with Crippen LogP contribution in [-0.2, 0) is 7.05 Å². The van der Waals surface area contributed by atoms with Crippen LogP contribution >= 0.6 is 0 Å². The van der Waals surface area contributed by atoms with E-state index in [-0.39, 0.29) is 0 Å². The van der Waals surface area contributed by atoms with Gasteiger partial charge in [-0.3, -0.25) is 4.98 Å². The number of aryl methyl sites for hydroxylation is 1. The van der Waals surface area contributed by atoms with Crippen LogP contribution in [0.4, 0.5) is 0 Å². The van der Waals surface area contributed by atoms with E-state index < -0.39 is 0 Å². The average molecular weight is 389 g/mol. The van der Waals surface area contributed by atoms with Crippen molar-refractivity contribution in [2.24, 2.45) is 7.05 Å². The van der Waals surface area contributed by atoms with Crippen LogP contribution in [0.15, 0.2) is 48.8 Å². The van der Waals surface area contributed by atoms with Gasteiger partial charge < -0.3 is 19.1 Å². The van der Waals surface area contributed by atoms with Gasteiger partial charge in [-0.05, 0) is 55.3 Å². The maximum Gasteiger partial charge on any atom is 0.120 e. The summed E-state index contributed by atoms with van der Waals surface area (Å²) in [5, 5.41) is 4.91. The van der Waals surface area contributed by atoms with Crippen molar-refractivity contribution in [3.8, 4) is 5.75 Å². The van der Waals surface area contributed by atoms with Crippen molar-refractivity contribution < 1.29 is 4.74 Å². The van der Waals surface area contributed by atoms with Crippen LogP contribution in [-0.4, -0.2) is 65.7 Å². The quantitative estimate of drug-likeness (QED) is 0.486. The van der Waals surface area contributed by atoms with E-state index in [1.165, 1.54) is 58.8 Å². The molecule has 0 saturated carbocycles. The number of ether oxygens (including phenoxy) is 1. The van der Waals surface area contributed by atoms with Crippen molar-refractivity contribution in [3.05, 3.63) is 48.8 Å². The predicted molar refractivity (Wildman–Crippen MR) is 120 cm³/mol. The summed E-state index contributed by atoms with van der Waals surface area (Å²) in [5.74, 6) is 0.957. The highest BCUT2D eigenvalue weighted by Gasteiger charge is 2.13. The van der Waals surface area contributed by atoms with E-state index in [1.807, 2.05) is 12.4 Å². The van der Waals surface area contributed by atoms with Gasteiger partial charge in [0.2, 0.25) is 0 Å². The minimum absolute atomic E-state index is 0.761. The maximum absolute atomic E-state index is 6.12. The minimum Gasteiger partial charge on any atom is -0.494 e. The number of fused-ring (bicyclic) bond motifs is 4. The van der Waals surface area contributed by atoms with Crippen molar-refractivity contribution in [3.63, 3.8) is 0 Å². The first-order chi connectivity index (χ1) is 14.2. The number of rotatable bonds is 5. The molecule has 29 heavy (non-hydrogen) atoms. The molecule has 150 valence electrons. The molecule has 5 heteroatoms. The van der Waals surface area contributed by atoms with Crippen LogP contribution in [0.1, 0.15) is 6.42 Å². The first kappa shape index (κ1) is 18.4. The van der Waals surface area contributed by atoms with Crippen molar-refractivity contribution >= 4 is 32.6 Å². The lowest BCUT2D eigenvalue weighted by atomic mass is 10.1. The van der Waals surface area contributed by atoms with E-state index in [0.29, 0.717) is 0 Å². The van der Waals surface area contributed by atoms with E-state index >= 15 is 0 Å². The Bertz CT molecular complexity index is 1160. The standard InChI is InChI=1S/C24H28N4O/c1-26-9-11-28(12-10-26)8-3-13-29-20-4-5-23-22(16-20)21-14-18-6-7-25-17-19(18)15-24(21)27(23)2/h4-7,14-17H,3,8-13H2,1-2H3. The molecule has 1 aliphatic heterocycles. The Hall–Kier alpha value is -2.63. The number of aromatic nitrogens is 2. The molecule has 0 N–H and O–H groups in total. The zero-order valence-electron chi connectivity index (χ0n) is 17.3. The third-order valence-electron chi connectivity index (χ3n) is 6.22. The van der Waals surface area contributed by atoms with E-state index in [9.17, 15) is 0 Å². The number of benzene rings is 2. The van der Waals surface area contributed by atoms with Gasteiger partial charge in [0.1, 0.15) is 5.75 Å². The van der Waals surface area contributed by atoms with Gasteiger partial charge in [-0.25, -0.2) is 0 Å². The lowest BCUT2D eigenvalue weighted by Crippen LogP contribution is -2.44. The molecule has 0 radical (unpaired) electrons. The van der Waals surface area contributed by atoms with Gasteiger partial charge in [0.05, 0.1) is 6.61 Å². The van der Waals surface area contributed by atoms with Gasteiger partial charge in [0.15, 0.2) is 0 Å². The lowest BCUT2D eigenvalue weighted by Gasteiger charge is -2.32. The molecule has 2 aromatic carbocycles. The summed E-state index contributed by atoms with van der Waals surface area (Å²) in [4.78, 5) is 9.20. The van der Waals surface area contributed by atoms with Crippen LogP contribution in [0.3, 0.4) is 0 Å². The van der Waals surface area contributed by atoms with E-state index in [4.69, 9.17) is 4.74 Å². The summed E-state index contributed by atoms with van der Waals surface area (Å²) in [5.41, 5.74) is 2.46. The molecule has 4 aromatic rings. The van der Waals surface area contributed by atoms with E-state index in [2.05, 4.69) is 69.8 Å². The minimum atomic E-state index is 0.761. The molecule has 0 atom stereocenters. The Morgan fingerprint density at radius 1 is 0.897 bits per heavy atom. The summed E-state index contributed by atoms with van der Waals surface area (Å²) in [7, 11) is 4.33. The molecule has 1 aliphatic rings. The van der Waals surface area contributed by atoms with Crippen LogP contribution in [0, 0.1) is 0 Å². The highest BCUT2D eigenvalue weighted by atomic mass is 16.5. The number of hydrogen-bond acceptors (Lipinski definition) is 4. The normalized spacial score (nSPS) is 16.2. The molecule has 0 spiro atoms. The number of pyridine rings is 1. The van der Waals surface area contributed by atoms with Crippen molar-refractivity contribution in [2.75, 3.05) is 46.4 Å². The second kappa shape index (κ2) is 7.65. The van der Waals surface area contributed by atoms with E-state index in [1.54, 1.807) is 0 Å². The zero-order chi connectivity index (χ0) is 19.8. The summed E-state index contributed by atoms with van der Waals surface area (Å²) < 4.78 is 8.37. The molecule has 1 saturated heterocycles. The second-order valence-electron chi connectivity index (χ2n) is 8.18. The number of hydrogen-bond donors (Lipinski definition) is 0. The molecular weight excluding hydrogens is 360 g/mol. The first-order valence-corrected chi connectivity index (χ1v) is 10.5. The SMILES string of the molecule is CN1CCN(CCCOc2ccc3c(c2)c2cc4ccncc4cc2n3C)CC1. The molecule has 3 heterocycles. The molecule has 0 bridgehead atoms. The molecule has 5 nitrogen and oxygen atoms in total. The maximum atomic E-state index is 6.12. The summed E-state index contributed by atoms with van der Waals surface area (Å²) >= 11 is 0. The van der Waals surface area contributed by atoms with Crippen LogP contribution in [0.2, 0.25) is 0 Å². The molecular formula is C24H28N4O. The molecule has 0 amide bonds. The lowest BCUT2D eigenvalue weighted by molar-refractivity contribution is 0.145. The highest BCUT2D eigenvalue weighted by Crippen LogP contribution is 2.33. The average Bonchev–Trinajstić information content (AvgIpc) is 3.02. The Balaban J connectivity index is 1.34. The topological polar surface area (TPSA) is 33.5 Å². The summed E-state index contributed by atoms with van der Waals surface area (Å²) in [6.45, 7) is 6.55. The highest BCUT2D eigenvalue weighted by molar-refractivity contribution is 6.12. The van der Waals surface area contributed by atoms with Gasteiger partial charge in [-0.1, -0.05) is 0 Å². The van der Waals surface area contributed by atoms with Crippen molar-refractivity contribution in [1.82, 2.24) is 19.4 Å². The van der Waals surface area contributed by atoms with Crippen LogP contribution in [0.25, 0.3) is 32.6 Å². The van der Waals surface area contributed by atoms with E-state index in [0.717, 1.165) is 25.3 Å². The number of nitrogens with zero attached hydrogens (tertiary/aromatic N) is 4. The third kappa shape index (κ3) is 3.56. The Morgan fingerprint density at radius 2 is 1.72 bits per heavy atom. The van der Waals surface area contributed by atoms with Gasteiger partial charge in [-0.15, -0.1) is 0 Å². The van der Waals surface area contributed by atoms with Crippen LogP contribution in [0.5, 0.6) is 5.75 Å². The fourth-order valence-electron chi connectivity index (χ4n) is 4.41. The van der Waals surface area contributed by atoms with Gasteiger partial charge >= 0.3 is 0 Å².